The normalized spacial score (nSPS) is 12.7. The zero-order chi connectivity index (χ0) is 48.9. The molecule has 0 saturated heterocycles. The molecule has 0 heterocycles. The van der Waals surface area contributed by atoms with Gasteiger partial charge in [-0.3, -0.25) is 4.90 Å². The van der Waals surface area contributed by atoms with Gasteiger partial charge in [0.05, 0.1) is 11.1 Å². The van der Waals surface area contributed by atoms with Gasteiger partial charge in [0.1, 0.15) is 22.5 Å². The Balaban J connectivity index is 1.47. The number of hydrogen-bond acceptors (Lipinski definition) is 2. The van der Waals surface area contributed by atoms with Crippen molar-refractivity contribution in [3.8, 4) is 0 Å². The van der Waals surface area contributed by atoms with Crippen molar-refractivity contribution in [3.63, 3.8) is 0 Å². The van der Waals surface area contributed by atoms with E-state index in [4.69, 9.17) is 0 Å². The van der Waals surface area contributed by atoms with Crippen molar-refractivity contribution in [1.29, 1.82) is 0 Å². The fourth-order valence-corrected chi connectivity index (χ4v) is 7.38. The van der Waals surface area contributed by atoms with Gasteiger partial charge < -0.3 is 4.90 Å². The van der Waals surface area contributed by atoms with Crippen LogP contribution in [0.15, 0.2) is 84.9 Å². The number of fused-ring (bicyclic) bond motifs is 3. The molecular formula is C44H20F20N2. The summed E-state index contributed by atoms with van der Waals surface area (Å²) in [6.45, 7) is 2.60. The number of benzene rings is 7. The first-order chi connectivity index (χ1) is 30.4. The number of rotatable bonds is 6. The zero-order valence-corrected chi connectivity index (χ0v) is 32.5. The van der Waals surface area contributed by atoms with E-state index in [2.05, 4.69) is 0 Å². The second kappa shape index (κ2) is 16.0. The van der Waals surface area contributed by atoms with Crippen LogP contribution >= 0.6 is 0 Å². The maximum atomic E-state index is 15.6. The number of halogens is 20. The topological polar surface area (TPSA) is 6.48 Å². The molecule has 346 valence electrons. The summed E-state index contributed by atoms with van der Waals surface area (Å²) in [5, 5.41) is 0.00665. The summed E-state index contributed by atoms with van der Waals surface area (Å²) in [7, 11) is 0. The molecule has 0 radical (unpaired) electrons. The minimum absolute atomic E-state index is 0.00410. The monoisotopic (exact) mass is 956 g/mol. The molecular weight excluding hydrogens is 936 g/mol. The van der Waals surface area contributed by atoms with Crippen molar-refractivity contribution in [1.82, 2.24) is 0 Å². The molecule has 0 fully saturated rings. The quantitative estimate of drug-likeness (QED) is 0.0931. The third-order valence-electron chi connectivity index (χ3n) is 10.1. The largest absolute Gasteiger partial charge is 0.422 e. The molecule has 0 atom stereocenters. The van der Waals surface area contributed by atoms with Gasteiger partial charge in [-0.05, 0) is 107 Å². The van der Waals surface area contributed by atoms with E-state index in [1.807, 2.05) is 0 Å². The van der Waals surface area contributed by atoms with Crippen molar-refractivity contribution in [2.45, 2.75) is 38.6 Å². The smallest absolute Gasteiger partial charge is 0.310 e. The Morgan fingerprint density at radius 3 is 0.939 bits per heavy atom. The Labute approximate surface area is 356 Å². The van der Waals surface area contributed by atoms with Crippen molar-refractivity contribution in [3.05, 3.63) is 165 Å². The first-order valence-electron chi connectivity index (χ1n) is 18.2. The molecule has 0 aliphatic rings. The molecule has 2 nitrogen and oxygen atoms in total. The summed E-state index contributed by atoms with van der Waals surface area (Å²) in [5.41, 5.74) is -15.4. The van der Waals surface area contributed by atoms with Gasteiger partial charge in [-0.25, -0.2) is 35.1 Å². The van der Waals surface area contributed by atoms with Crippen LogP contribution in [0.25, 0.3) is 21.5 Å². The van der Waals surface area contributed by atoms with E-state index < -0.39 is 115 Å². The molecule has 0 aromatic heterocycles. The van der Waals surface area contributed by atoms with Crippen LogP contribution < -0.4 is 9.80 Å². The van der Waals surface area contributed by atoms with E-state index in [1.165, 1.54) is 50.2 Å². The van der Waals surface area contributed by atoms with Crippen LogP contribution in [-0.2, 0) is 24.7 Å². The van der Waals surface area contributed by atoms with E-state index >= 15 is 17.6 Å². The molecule has 0 saturated carbocycles. The Kier molecular flexibility index (Phi) is 11.5. The minimum atomic E-state index is -6.18. The first kappa shape index (κ1) is 47.2. The standard InChI is InChI=1S/C44H20F20N2/c1-17-9-21(41(53,54)55)15-25(11-17)65(26-12-18(2)10-22(16-26)42(56,57)58)23-5-7-27-19(13-23)3-4-20-14-24(6-8-28(20)27)66(39-35(49)31(45)29(43(59,60)61)32(46)36(39)50)40-37(51)33(47)30(44(62,63)64)34(48)38(40)52/h3-16H,1-2H3. The molecule has 0 amide bonds. The van der Waals surface area contributed by atoms with Crippen molar-refractivity contribution >= 4 is 55.7 Å². The van der Waals surface area contributed by atoms with Gasteiger partial charge in [-0.15, -0.1) is 0 Å². The molecule has 7 rings (SSSR count). The number of hydrogen-bond donors (Lipinski definition) is 0. The third kappa shape index (κ3) is 8.25. The lowest BCUT2D eigenvalue weighted by Gasteiger charge is -2.29. The van der Waals surface area contributed by atoms with Gasteiger partial charge in [-0.2, -0.15) is 52.7 Å². The molecule has 7 aromatic carbocycles. The Hall–Kier alpha value is -6.74. The first-order valence-corrected chi connectivity index (χ1v) is 18.2. The average Bonchev–Trinajstić information content (AvgIpc) is 3.19. The predicted molar refractivity (Wildman–Crippen MR) is 200 cm³/mol. The van der Waals surface area contributed by atoms with Gasteiger partial charge in [-0.1, -0.05) is 24.3 Å². The fourth-order valence-electron chi connectivity index (χ4n) is 7.38. The Bertz CT molecular complexity index is 2910. The molecule has 0 unspecified atom stereocenters. The van der Waals surface area contributed by atoms with Crippen molar-refractivity contribution in [2.24, 2.45) is 0 Å². The van der Waals surface area contributed by atoms with E-state index in [0.29, 0.717) is 24.3 Å². The fraction of sp³-hybridized carbons (Fsp3) is 0.136. The van der Waals surface area contributed by atoms with Gasteiger partial charge in [0.25, 0.3) is 0 Å². The van der Waals surface area contributed by atoms with Crippen LogP contribution in [0.2, 0.25) is 0 Å². The van der Waals surface area contributed by atoms with Gasteiger partial charge in [0, 0.05) is 22.7 Å². The lowest BCUT2D eigenvalue weighted by atomic mass is 9.99. The molecule has 22 heteroatoms. The van der Waals surface area contributed by atoms with Crippen LogP contribution in [-0.4, -0.2) is 0 Å². The number of alkyl halides is 12. The highest BCUT2D eigenvalue weighted by Crippen LogP contribution is 2.49. The highest BCUT2D eigenvalue weighted by molar-refractivity contribution is 6.09. The van der Waals surface area contributed by atoms with Crippen molar-refractivity contribution in [2.75, 3.05) is 9.80 Å². The molecule has 0 spiro atoms. The summed E-state index contributed by atoms with van der Waals surface area (Å²) < 4.78 is 287. The van der Waals surface area contributed by atoms with Crippen LogP contribution in [0.5, 0.6) is 0 Å². The lowest BCUT2D eigenvalue weighted by molar-refractivity contribution is -0.144. The van der Waals surface area contributed by atoms with E-state index in [9.17, 15) is 70.2 Å². The summed E-state index contributed by atoms with van der Waals surface area (Å²) in [5.74, 6) is -25.3. The zero-order valence-electron chi connectivity index (χ0n) is 32.5. The maximum Gasteiger partial charge on any atom is 0.422 e. The number of anilines is 6. The van der Waals surface area contributed by atoms with Crippen molar-refractivity contribution < 1.29 is 87.8 Å². The lowest BCUT2D eigenvalue weighted by Crippen LogP contribution is -2.24. The van der Waals surface area contributed by atoms with E-state index in [-0.39, 0.29) is 49.7 Å². The SMILES string of the molecule is Cc1cc(N(c2cc(C)cc(C(F)(F)F)c2)c2ccc3c(ccc4cc(N(c5c(F)c(F)c(C(F)(F)F)c(F)c5F)c5c(F)c(F)c(C(F)(F)F)c(F)c5F)ccc43)c2)cc(C(F)(F)F)c1. The molecule has 0 N–H and O–H groups in total. The molecule has 0 aliphatic heterocycles. The van der Waals surface area contributed by atoms with Crippen LogP contribution in [0.4, 0.5) is 122 Å². The highest BCUT2D eigenvalue weighted by atomic mass is 19.4. The van der Waals surface area contributed by atoms with Crippen LogP contribution in [0, 0.1) is 60.4 Å². The number of aryl methyl sites for hydroxylation is 2. The molecule has 7 aromatic rings. The maximum absolute atomic E-state index is 15.6. The van der Waals surface area contributed by atoms with E-state index in [1.54, 1.807) is 0 Å². The van der Waals surface area contributed by atoms with Gasteiger partial charge >= 0.3 is 24.7 Å². The second-order valence-electron chi connectivity index (χ2n) is 14.6. The Morgan fingerprint density at radius 1 is 0.318 bits per heavy atom. The Morgan fingerprint density at radius 2 is 0.636 bits per heavy atom. The number of nitrogens with zero attached hydrogens (tertiary/aromatic N) is 2. The predicted octanol–water partition coefficient (Wildman–Crippen LogP) is 16.7. The van der Waals surface area contributed by atoms with Crippen LogP contribution in [0.3, 0.4) is 0 Å². The van der Waals surface area contributed by atoms with Gasteiger partial charge in [0.15, 0.2) is 46.5 Å². The second-order valence-corrected chi connectivity index (χ2v) is 14.6. The molecule has 66 heavy (non-hydrogen) atoms. The minimum Gasteiger partial charge on any atom is -0.310 e. The molecule has 0 bridgehead atoms. The molecule has 0 aliphatic carbocycles. The third-order valence-corrected chi connectivity index (χ3v) is 10.1. The average molecular weight is 957 g/mol. The van der Waals surface area contributed by atoms with Crippen LogP contribution in [0.1, 0.15) is 33.4 Å². The highest BCUT2D eigenvalue weighted by Gasteiger charge is 2.47. The summed E-state index contributed by atoms with van der Waals surface area (Å²) >= 11 is 0. The summed E-state index contributed by atoms with van der Waals surface area (Å²) in [6.07, 6.45) is -22.2. The summed E-state index contributed by atoms with van der Waals surface area (Å²) in [4.78, 5) is 0.346. The van der Waals surface area contributed by atoms with Gasteiger partial charge in [0.2, 0.25) is 0 Å². The summed E-state index contributed by atoms with van der Waals surface area (Å²) in [6, 6.07) is 13.6. The van der Waals surface area contributed by atoms with E-state index in [0.717, 1.165) is 29.2 Å².